The second-order valence-electron chi connectivity index (χ2n) is 9.46. The van der Waals surface area contributed by atoms with Crippen molar-refractivity contribution in [1.29, 1.82) is 0 Å². The molecule has 2 aromatic heterocycles. The van der Waals surface area contributed by atoms with Gasteiger partial charge in [0.1, 0.15) is 5.65 Å². The molecule has 0 aliphatic heterocycles. The van der Waals surface area contributed by atoms with Crippen LogP contribution in [-0.2, 0) is 5.41 Å². The number of hydrogen-bond acceptors (Lipinski definition) is 1. The van der Waals surface area contributed by atoms with E-state index < -0.39 is 0 Å². The lowest BCUT2D eigenvalue weighted by Crippen LogP contribution is -2.14. The monoisotopic (exact) mass is 488 g/mol. The molecule has 2 nitrogen and oxygen atoms in total. The first-order valence-corrected chi connectivity index (χ1v) is 12.1. The molecule has 0 saturated heterocycles. The van der Waals surface area contributed by atoms with Gasteiger partial charge in [0.25, 0.3) is 0 Å². The quantitative estimate of drug-likeness (QED) is 0.212. The number of aromatic nitrogens is 2. The number of imidazole rings is 1. The van der Waals surface area contributed by atoms with Crippen molar-refractivity contribution >= 4 is 43.3 Å². The molecule has 0 saturated carbocycles. The number of benzene rings is 4. The van der Waals surface area contributed by atoms with Gasteiger partial charge in [-0.2, -0.15) is 0 Å². The third kappa shape index (κ3) is 2.57. The van der Waals surface area contributed by atoms with Crippen LogP contribution in [0.4, 0.5) is 0 Å². The summed E-state index contributed by atoms with van der Waals surface area (Å²) in [5.74, 6) is 0. The Hall–Kier alpha value is -3.43. The largest absolute Gasteiger partial charge is 0.298 e. The van der Waals surface area contributed by atoms with Gasteiger partial charge in [0.2, 0.25) is 0 Å². The van der Waals surface area contributed by atoms with E-state index in [9.17, 15) is 0 Å². The van der Waals surface area contributed by atoms with E-state index in [1.54, 1.807) is 0 Å². The van der Waals surface area contributed by atoms with Crippen LogP contribution in [-0.4, -0.2) is 9.38 Å². The molecule has 2 heterocycles. The molecular formula is C30H21BrN2. The number of pyridine rings is 1. The van der Waals surface area contributed by atoms with Crippen LogP contribution >= 0.6 is 15.9 Å². The number of halogens is 1. The van der Waals surface area contributed by atoms with E-state index in [-0.39, 0.29) is 5.41 Å². The number of rotatable bonds is 1. The minimum absolute atomic E-state index is 0.00475. The van der Waals surface area contributed by atoms with Gasteiger partial charge in [-0.25, -0.2) is 4.98 Å². The number of fused-ring (bicyclic) bond motifs is 9. The fourth-order valence-electron chi connectivity index (χ4n) is 5.62. The molecule has 7 rings (SSSR count). The summed E-state index contributed by atoms with van der Waals surface area (Å²) < 4.78 is 3.36. The highest BCUT2D eigenvalue weighted by atomic mass is 79.9. The molecule has 1 aliphatic rings. The summed E-state index contributed by atoms with van der Waals surface area (Å²) in [4.78, 5) is 5.15. The lowest BCUT2D eigenvalue weighted by molar-refractivity contribution is 0.660. The van der Waals surface area contributed by atoms with Crippen molar-refractivity contribution in [3.8, 4) is 22.4 Å². The molecular weight excluding hydrogens is 468 g/mol. The molecule has 6 aromatic rings. The van der Waals surface area contributed by atoms with E-state index in [1.807, 2.05) is 0 Å². The maximum absolute atomic E-state index is 5.15. The summed E-state index contributed by atoms with van der Waals surface area (Å²) in [6.07, 6.45) is 2.19. The number of nitrogens with zero attached hydrogens (tertiary/aromatic N) is 2. The van der Waals surface area contributed by atoms with Crippen molar-refractivity contribution in [1.82, 2.24) is 9.38 Å². The Morgan fingerprint density at radius 2 is 1.39 bits per heavy atom. The van der Waals surface area contributed by atoms with Crippen LogP contribution < -0.4 is 0 Å². The van der Waals surface area contributed by atoms with Crippen LogP contribution in [0.1, 0.15) is 25.0 Å². The topological polar surface area (TPSA) is 17.3 Å². The van der Waals surface area contributed by atoms with Crippen LogP contribution in [0.5, 0.6) is 0 Å². The zero-order valence-corrected chi connectivity index (χ0v) is 20.0. The van der Waals surface area contributed by atoms with Crippen LogP contribution in [0, 0.1) is 0 Å². The molecule has 1 aliphatic carbocycles. The van der Waals surface area contributed by atoms with Crippen molar-refractivity contribution in [3.05, 3.63) is 107 Å². The first-order valence-electron chi connectivity index (χ1n) is 11.3. The van der Waals surface area contributed by atoms with Gasteiger partial charge >= 0.3 is 0 Å². The minimum atomic E-state index is -0.00475. The molecule has 0 amide bonds. The zero-order chi connectivity index (χ0) is 22.3. The van der Waals surface area contributed by atoms with Crippen LogP contribution in [0.25, 0.3) is 49.7 Å². The predicted octanol–water partition coefficient (Wildman–Crippen LogP) is 8.38. The predicted molar refractivity (Wildman–Crippen MR) is 141 cm³/mol. The molecule has 0 N–H and O–H groups in total. The van der Waals surface area contributed by atoms with E-state index in [4.69, 9.17) is 4.98 Å². The third-order valence-electron chi connectivity index (χ3n) is 7.26. The summed E-state index contributed by atoms with van der Waals surface area (Å²) in [6, 6.07) is 30.6. The Morgan fingerprint density at radius 3 is 2.21 bits per heavy atom. The van der Waals surface area contributed by atoms with Gasteiger partial charge in [0.05, 0.1) is 11.2 Å². The molecule has 4 aromatic carbocycles. The van der Waals surface area contributed by atoms with E-state index in [1.165, 1.54) is 43.9 Å². The summed E-state index contributed by atoms with van der Waals surface area (Å²) in [6.45, 7) is 4.63. The number of para-hydroxylation sites is 1. The van der Waals surface area contributed by atoms with Gasteiger partial charge in [0.15, 0.2) is 0 Å². The molecule has 0 spiro atoms. The van der Waals surface area contributed by atoms with Crippen LogP contribution in [0.3, 0.4) is 0 Å². The van der Waals surface area contributed by atoms with Crippen molar-refractivity contribution in [3.63, 3.8) is 0 Å². The maximum atomic E-state index is 5.15. The molecule has 3 heteroatoms. The highest BCUT2D eigenvalue weighted by Crippen LogP contribution is 2.50. The fraction of sp³-hybridized carbons (Fsp3) is 0.100. The van der Waals surface area contributed by atoms with Crippen LogP contribution in [0.15, 0.2) is 95.6 Å². The highest BCUT2D eigenvalue weighted by Gasteiger charge is 2.35. The van der Waals surface area contributed by atoms with Crippen molar-refractivity contribution in [2.24, 2.45) is 0 Å². The molecule has 0 unspecified atom stereocenters. The summed E-state index contributed by atoms with van der Waals surface area (Å²) in [7, 11) is 0. The average molecular weight is 489 g/mol. The highest BCUT2D eigenvalue weighted by molar-refractivity contribution is 9.10. The zero-order valence-electron chi connectivity index (χ0n) is 18.4. The SMILES string of the molecule is CC1(C)c2ccc(Br)cc2-c2cc(-c3cn4c5ccccc5c5ccccc5c4n3)ccc21. The third-order valence-corrected chi connectivity index (χ3v) is 7.75. The van der Waals surface area contributed by atoms with Gasteiger partial charge in [-0.15, -0.1) is 0 Å². The average Bonchev–Trinajstić information content (AvgIpc) is 3.37. The molecule has 0 atom stereocenters. The van der Waals surface area contributed by atoms with Crippen LogP contribution in [0.2, 0.25) is 0 Å². The van der Waals surface area contributed by atoms with Gasteiger partial charge in [0, 0.05) is 32.4 Å². The minimum Gasteiger partial charge on any atom is -0.298 e. The molecule has 0 bridgehead atoms. The molecule has 0 fully saturated rings. The van der Waals surface area contributed by atoms with E-state index >= 15 is 0 Å². The molecule has 0 radical (unpaired) electrons. The molecule has 33 heavy (non-hydrogen) atoms. The summed E-state index contributed by atoms with van der Waals surface area (Å²) in [5.41, 5.74) is 9.70. The lowest BCUT2D eigenvalue weighted by Gasteiger charge is -2.21. The Morgan fingerprint density at radius 1 is 0.727 bits per heavy atom. The van der Waals surface area contributed by atoms with E-state index in [2.05, 4.69) is 125 Å². The molecule has 158 valence electrons. The van der Waals surface area contributed by atoms with Gasteiger partial charge < -0.3 is 0 Å². The van der Waals surface area contributed by atoms with Crippen molar-refractivity contribution < 1.29 is 0 Å². The Bertz CT molecular complexity index is 1680. The Balaban J connectivity index is 1.51. The second kappa shape index (κ2) is 6.55. The summed E-state index contributed by atoms with van der Waals surface area (Å²) >= 11 is 3.67. The van der Waals surface area contributed by atoms with Crippen molar-refractivity contribution in [2.75, 3.05) is 0 Å². The number of hydrogen-bond donors (Lipinski definition) is 0. The normalized spacial score (nSPS) is 14.2. The smallest absolute Gasteiger partial charge is 0.145 e. The van der Waals surface area contributed by atoms with Gasteiger partial charge in [-0.1, -0.05) is 90.4 Å². The fourth-order valence-corrected chi connectivity index (χ4v) is 5.98. The van der Waals surface area contributed by atoms with E-state index in [0.29, 0.717) is 0 Å². The van der Waals surface area contributed by atoms with E-state index in [0.717, 1.165) is 21.4 Å². The maximum Gasteiger partial charge on any atom is 0.145 e. The first-order chi connectivity index (χ1) is 16.0. The second-order valence-corrected chi connectivity index (χ2v) is 10.4. The van der Waals surface area contributed by atoms with Crippen molar-refractivity contribution in [2.45, 2.75) is 19.3 Å². The summed E-state index contributed by atoms with van der Waals surface area (Å²) in [5, 5.41) is 3.67. The standard InChI is InChI=1S/C30H21BrN2/c1-30(2)25-13-11-18(15-23(25)24-16-19(31)12-14-26(24)30)27-17-33-28-10-6-5-8-21(28)20-7-3-4-9-22(20)29(33)32-27/h3-17H,1-2H3. The Kier molecular flexibility index (Phi) is 3.79. The lowest BCUT2D eigenvalue weighted by atomic mass is 9.82. The first kappa shape index (κ1) is 19.1. The Labute approximate surface area is 200 Å². The van der Waals surface area contributed by atoms with Gasteiger partial charge in [-0.3, -0.25) is 4.40 Å². The van der Waals surface area contributed by atoms with Gasteiger partial charge in [-0.05, 0) is 51.9 Å².